The molecular weight excluding hydrogens is 336 g/mol. The van der Waals surface area contributed by atoms with Gasteiger partial charge in [0.2, 0.25) is 0 Å². The van der Waals surface area contributed by atoms with Gasteiger partial charge in [0.1, 0.15) is 0 Å². The molecule has 0 aromatic heterocycles. The van der Waals surface area contributed by atoms with Crippen LogP contribution in [0.15, 0.2) is 21.5 Å². The van der Waals surface area contributed by atoms with Crippen molar-refractivity contribution in [3.8, 4) is 0 Å². The molecule has 2 N–H and O–H groups in total. The van der Waals surface area contributed by atoms with E-state index in [0.29, 0.717) is 6.07 Å². The number of thioether (sulfide) groups is 1. The van der Waals surface area contributed by atoms with Crippen LogP contribution in [-0.2, 0) is 6.18 Å². The molecule has 9 heteroatoms. The molecule has 1 rings (SSSR count). The summed E-state index contributed by atoms with van der Waals surface area (Å²) >= 11 is 1.85. The zero-order valence-corrected chi connectivity index (χ0v) is 10.2. The molecule has 0 amide bonds. The Balaban J connectivity index is 3.29. The Morgan fingerprint density at radius 3 is 2.00 bits per heavy atom. The second-order valence-electron chi connectivity index (χ2n) is 2.93. The molecule has 1 nitrogen and oxygen atoms in total. The van der Waals surface area contributed by atoms with E-state index in [0.717, 1.165) is 6.07 Å². The highest BCUT2D eigenvalue weighted by Crippen LogP contribution is 2.45. The second kappa shape index (κ2) is 4.60. The normalized spacial score (nSPS) is 12.9. The summed E-state index contributed by atoms with van der Waals surface area (Å²) < 4.78 is 73.0. The van der Waals surface area contributed by atoms with E-state index in [9.17, 15) is 26.3 Å². The van der Waals surface area contributed by atoms with Crippen LogP contribution in [0.4, 0.5) is 32.0 Å². The first-order chi connectivity index (χ1) is 7.50. The fourth-order valence-electron chi connectivity index (χ4n) is 1.02. The Hall–Kier alpha value is -0.570. The van der Waals surface area contributed by atoms with Crippen LogP contribution < -0.4 is 5.73 Å². The van der Waals surface area contributed by atoms with Gasteiger partial charge in [-0.1, -0.05) is 0 Å². The summed E-state index contributed by atoms with van der Waals surface area (Å²) in [6.07, 6.45) is -4.77. The number of hydrogen-bond acceptors (Lipinski definition) is 2. The minimum Gasteiger partial charge on any atom is -0.399 e. The lowest BCUT2D eigenvalue weighted by Crippen LogP contribution is -2.09. The average molecular weight is 340 g/mol. The third-order valence-corrected chi connectivity index (χ3v) is 3.48. The van der Waals surface area contributed by atoms with E-state index in [1.165, 1.54) is 0 Å². The maximum absolute atomic E-state index is 12.5. The molecule has 1 aromatic rings. The van der Waals surface area contributed by atoms with E-state index >= 15 is 0 Å². The molecule has 0 heterocycles. The van der Waals surface area contributed by atoms with Gasteiger partial charge < -0.3 is 5.73 Å². The molecule has 17 heavy (non-hydrogen) atoms. The largest absolute Gasteiger partial charge is 0.446 e. The number of anilines is 1. The summed E-state index contributed by atoms with van der Waals surface area (Å²) in [7, 11) is 0. The SMILES string of the molecule is Nc1cc(SC(F)(F)F)c(Br)c(C(F)(F)F)c1. The molecule has 0 saturated carbocycles. The van der Waals surface area contributed by atoms with Crippen molar-refractivity contribution >= 4 is 33.4 Å². The lowest BCUT2D eigenvalue weighted by Gasteiger charge is -2.14. The molecule has 0 fully saturated rings. The molecule has 0 unspecified atom stereocenters. The monoisotopic (exact) mass is 339 g/mol. The smallest absolute Gasteiger partial charge is 0.399 e. The van der Waals surface area contributed by atoms with Crippen molar-refractivity contribution in [2.75, 3.05) is 5.73 Å². The molecule has 0 radical (unpaired) electrons. The topological polar surface area (TPSA) is 26.0 Å². The maximum Gasteiger partial charge on any atom is 0.446 e. The molecule has 0 aliphatic carbocycles. The first-order valence-corrected chi connectivity index (χ1v) is 5.53. The van der Waals surface area contributed by atoms with Gasteiger partial charge in [-0.15, -0.1) is 0 Å². The van der Waals surface area contributed by atoms with Gasteiger partial charge in [0.25, 0.3) is 0 Å². The van der Waals surface area contributed by atoms with Gasteiger partial charge in [-0.2, -0.15) is 26.3 Å². The number of nitrogen functional groups attached to an aromatic ring is 1. The van der Waals surface area contributed by atoms with Crippen molar-refractivity contribution in [3.05, 3.63) is 22.2 Å². The van der Waals surface area contributed by atoms with Crippen LogP contribution in [-0.4, -0.2) is 5.51 Å². The van der Waals surface area contributed by atoms with Crippen molar-refractivity contribution in [1.82, 2.24) is 0 Å². The Morgan fingerprint density at radius 2 is 1.59 bits per heavy atom. The summed E-state index contributed by atoms with van der Waals surface area (Å²) in [5.74, 6) is 0. The number of nitrogens with two attached hydrogens (primary N) is 1. The van der Waals surface area contributed by atoms with Gasteiger partial charge in [-0.3, -0.25) is 0 Å². The number of hydrogen-bond donors (Lipinski definition) is 1. The molecule has 0 aliphatic rings. The minimum absolute atomic E-state index is 0.382. The first-order valence-electron chi connectivity index (χ1n) is 3.92. The third kappa shape index (κ3) is 3.98. The average Bonchev–Trinajstić information content (AvgIpc) is 2.06. The second-order valence-corrected chi connectivity index (χ2v) is 4.83. The lowest BCUT2D eigenvalue weighted by atomic mass is 10.2. The fraction of sp³-hybridized carbons (Fsp3) is 0.250. The van der Waals surface area contributed by atoms with Crippen molar-refractivity contribution in [2.24, 2.45) is 0 Å². The zero-order valence-electron chi connectivity index (χ0n) is 7.79. The third-order valence-electron chi connectivity index (χ3n) is 1.59. The molecule has 0 saturated heterocycles. The molecular formula is C8H4BrF6NS. The van der Waals surface area contributed by atoms with Crippen LogP contribution >= 0.6 is 27.7 Å². The van der Waals surface area contributed by atoms with E-state index in [-0.39, 0.29) is 5.69 Å². The van der Waals surface area contributed by atoms with Gasteiger partial charge in [-0.05, 0) is 39.8 Å². The van der Waals surface area contributed by atoms with Crippen LogP contribution in [0, 0.1) is 0 Å². The fourth-order valence-corrected chi connectivity index (χ4v) is 2.36. The minimum atomic E-state index is -4.77. The maximum atomic E-state index is 12.5. The van der Waals surface area contributed by atoms with Crippen LogP contribution in [0.25, 0.3) is 0 Å². The molecule has 96 valence electrons. The van der Waals surface area contributed by atoms with E-state index < -0.39 is 38.4 Å². The molecule has 0 bridgehead atoms. The van der Waals surface area contributed by atoms with Crippen LogP contribution in [0.2, 0.25) is 0 Å². The van der Waals surface area contributed by atoms with Gasteiger partial charge in [0.15, 0.2) is 0 Å². The highest BCUT2D eigenvalue weighted by atomic mass is 79.9. The highest BCUT2D eigenvalue weighted by Gasteiger charge is 2.37. The van der Waals surface area contributed by atoms with Gasteiger partial charge in [-0.25, -0.2) is 0 Å². The molecule has 0 aliphatic heterocycles. The first kappa shape index (κ1) is 14.5. The number of rotatable bonds is 1. The van der Waals surface area contributed by atoms with Crippen molar-refractivity contribution in [3.63, 3.8) is 0 Å². The van der Waals surface area contributed by atoms with Crippen LogP contribution in [0.3, 0.4) is 0 Å². The zero-order chi connectivity index (χ0) is 13.4. The summed E-state index contributed by atoms with van der Waals surface area (Å²) in [6.45, 7) is 0. The van der Waals surface area contributed by atoms with E-state index in [1.54, 1.807) is 0 Å². The quantitative estimate of drug-likeness (QED) is 0.457. The van der Waals surface area contributed by atoms with Crippen LogP contribution in [0.5, 0.6) is 0 Å². The standard InChI is InChI=1S/C8H4BrF6NS/c9-6-4(7(10,11)12)1-3(16)2-5(6)17-8(13,14)15/h1-2H,16H2. The Morgan fingerprint density at radius 1 is 1.06 bits per heavy atom. The number of benzene rings is 1. The number of alkyl halides is 6. The summed E-state index contributed by atoms with van der Waals surface area (Å²) in [4.78, 5) is -0.621. The molecule has 1 aromatic carbocycles. The van der Waals surface area contributed by atoms with Crippen molar-refractivity contribution in [2.45, 2.75) is 16.6 Å². The van der Waals surface area contributed by atoms with Crippen molar-refractivity contribution in [1.29, 1.82) is 0 Å². The highest BCUT2D eigenvalue weighted by molar-refractivity contribution is 9.10. The molecule has 0 atom stereocenters. The Bertz CT molecular complexity index is 427. The van der Waals surface area contributed by atoms with Gasteiger partial charge in [0, 0.05) is 15.1 Å². The van der Waals surface area contributed by atoms with Crippen molar-refractivity contribution < 1.29 is 26.3 Å². The van der Waals surface area contributed by atoms with Gasteiger partial charge >= 0.3 is 11.7 Å². The predicted molar refractivity (Wildman–Crippen MR) is 55.5 cm³/mol. The van der Waals surface area contributed by atoms with Crippen LogP contribution in [0.1, 0.15) is 5.56 Å². The van der Waals surface area contributed by atoms with E-state index in [4.69, 9.17) is 5.73 Å². The molecule has 0 spiro atoms. The Labute approximate surface area is 104 Å². The summed E-state index contributed by atoms with van der Waals surface area (Å²) in [5, 5.41) is 0. The summed E-state index contributed by atoms with van der Waals surface area (Å²) in [6, 6.07) is 1.40. The van der Waals surface area contributed by atoms with Gasteiger partial charge in [0.05, 0.1) is 5.56 Å². The Kier molecular flexibility index (Phi) is 3.92. The number of halogens is 7. The van der Waals surface area contributed by atoms with E-state index in [2.05, 4.69) is 15.9 Å². The predicted octanol–water partition coefficient (Wildman–Crippen LogP) is 4.66. The lowest BCUT2D eigenvalue weighted by molar-refractivity contribution is -0.138. The summed E-state index contributed by atoms with van der Waals surface area (Å²) in [5.41, 5.74) is -1.15. The van der Waals surface area contributed by atoms with E-state index in [1.807, 2.05) is 0 Å².